The average molecular weight is 609 g/mol. The Balaban J connectivity index is 1.80. The van der Waals surface area contributed by atoms with Crippen LogP contribution in [0.5, 0.6) is 0 Å². The smallest absolute Gasteiger partial charge is 0.253 e. The molecule has 44 heavy (non-hydrogen) atoms. The first-order chi connectivity index (χ1) is 21.2. The number of aliphatic hydroxyl groups excluding tert-OH is 1. The first-order valence-electron chi connectivity index (χ1n) is 16.5. The molecule has 2 bridgehead atoms. The second-order valence-electron chi connectivity index (χ2n) is 12.4. The van der Waals surface area contributed by atoms with Gasteiger partial charge in [-0.05, 0) is 63.3 Å². The Labute approximate surface area is 263 Å². The van der Waals surface area contributed by atoms with Crippen LogP contribution in [-0.4, -0.2) is 95.7 Å². The Morgan fingerprint density at radius 3 is 2.25 bits per heavy atom. The summed E-state index contributed by atoms with van der Waals surface area (Å²) in [5.41, 5.74) is 0.614. The van der Waals surface area contributed by atoms with E-state index in [0.717, 1.165) is 25.2 Å². The van der Waals surface area contributed by atoms with Gasteiger partial charge in [-0.25, -0.2) is 0 Å². The summed E-state index contributed by atoms with van der Waals surface area (Å²) in [4.78, 5) is 50.8. The lowest BCUT2D eigenvalue weighted by molar-refractivity contribution is -0.148. The van der Waals surface area contributed by atoms with E-state index < -0.39 is 35.6 Å². The normalized spacial score (nSPS) is 26.7. The quantitative estimate of drug-likeness (QED) is 0.282. The van der Waals surface area contributed by atoms with E-state index in [1.54, 1.807) is 26.9 Å². The maximum atomic E-state index is 14.9. The number of benzene rings is 1. The summed E-state index contributed by atoms with van der Waals surface area (Å²) in [5, 5.41) is 10.7. The number of nitrogens with zero attached hydrogens (tertiary/aromatic N) is 4. The number of carbonyl (C=O) groups is 3. The number of rotatable bonds is 16. The largest absolute Gasteiger partial charge is 0.394 e. The van der Waals surface area contributed by atoms with Crippen LogP contribution in [0.4, 0.5) is 11.4 Å². The molecule has 9 heteroatoms. The molecule has 0 aliphatic carbocycles. The van der Waals surface area contributed by atoms with Crippen molar-refractivity contribution in [3.05, 3.63) is 49.6 Å². The molecule has 1 aromatic rings. The Bertz CT molecular complexity index is 1200. The lowest BCUT2D eigenvalue weighted by Gasteiger charge is -2.41. The fourth-order valence-electron chi connectivity index (χ4n) is 7.78. The van der Waals surface area contributed by atoms with Gasteiger partial charge in [-0.3, -0.25) is 14.4 Å². The standard InChI is InChI=1S/C35H52N4O5/c1-8-20-37(21-9-2)32(41)29-28-18-19-35(44-28)30(29)33(42)39(27(23-40)24(7)11-4)31(35)34(43)38(22-10-3)26-16-14-25(15-17-26)36(12-5)13-6/h8,10,14-17,24,27-31,40H,1,3,9,11-13,18-23H2,2,4-7H3/t24-,27-,28+,29-,30-,31?,35?/m0/s1. The fraction of sp³-hybridized carbons (Fsp3) is 0.629. The highest BCUT2D eigenvalue weighted by molar-refractivity contribution is 6.05. The Kier molecular flexibility index (Phi) is 10.9. The summed E-state index contributed by atoms with van der Waals surface area (Å²) in [6.07, 6.45) is 5.54. The first-order valence-corrected chi connectivity index (χ1v) is 16.5. The summed E-state index contributed by atoms with van der Waals surface area (Å²) >= 11 is 0. The molecule has 1 spiro atoms. The van der Waals surface area contributed by atoms with E-state index >= 15 is 0 Å². The van der Waals surface area contributed by atoms with Crippen LogP contribution in [0, 0.1) is 17.8 Å². The minimum atomic E-state index is -1.15. The van der Waals surface area contributed by atoms with Gasteiger partial charge in [-0.1, -0.05) is 39.3 Å². The molecule has 0 radical (unpaired) electrons. The third-order valence-electron chi connectivity index (χ3n) is 10.1. The van der Waals surface area contributed by atoms with Crippen LogP contribution >= 0.6 is 0 Å². The van der Waals surface area contributed by atoms with Crippen LogP contribution in [0.15, 0.2) is 49.6 Å². The molecule has 3 heterocycles. The maximum absolute atomic E-state index is 14.9. The van der Waals surface area contributed by atoms with E-state index in [1.807, 2.05) is 45.0 Å². The van der Waals surface area contributed by atoms with Crippen molar-refractivity contribution in [2.24, 2.45) is 17.8 Å². The molecular weight excluding hydrogens is 556 g/mol. The Hall–Kier alpha value is -3.17. The van der Waals surface area contributed by atoms with E-state index in [1.165, 1.54) is 0 Å². The van der Waals surface area contributed by atoms with E-state index in [2.05, 4.69) is 31.9 Å². The van der Waals surface area contributed by atoms with Gasteiger partial charge in [0.05, 0.1) is 30.6 Å². The van der Waals surface area contributed by atoms with Crippen molar-refractivity contribution in [3.63, 3.8) is 0 Å². The molecule has 1 aromatic carbocycles. The molecule has 3 aliphatic heterocycles. The van der Waals surface area contributed by atoms with Crippen molar-refractivity contribution >= 4 is 29.1 Å². The van der Waals surface area contributed by atoms with Crippen molar-refractivity contribution in [1.82, 2.24) is 9.80 Å². The summed E-state index contributed by atoms with van der Waals surface area (Å²) in [7, 11) is 0. The monoisotopic (exact) mass is 608 g/mol. The number of anilines is 2. The molecule has 0 aromatic heterocycles. The number of fused-ring (bicyclic) bond motifs is 1. The molecule has 2 unspecified atom stereocenters. The number of hydrogen-bond acceptors (Lipinski definition) is 6. The average Bonchev–Trinajstić information content (AvgIpc) is 3.68. The summed E-state index contributed by atoms with van der Waals surface area (Å²) in [5.74, 6) is -2.21. The molecule has 9 nitrogen and oxygen atoms in total. The van der Waals surface area contributed by atoms with Crippen molar-refractivity contribution in [2.45, 2.75) is 84.1 Å². The minimum absolute atomic E-state index is 0.0700. The zero-order valence-electron chi connectivity index (χ0n) is 27.3. The minimum Gasteiger partial charge on any atom is -0.394 e. The van der Waals surface area contributed by atoms with Gasteiger partial charge in [0.25, 0.3) is 5.91 Å². The van der Waals surface area contributed by atoms with E-state index in [-0.39, 0.29) is 36.8 Å². The number of hydrogen-bond donors (Lipinski definition) is 1. The van der Waals surface area contributed by atoms with Crippen LogP contribution in [-0.2, 0) is 19.1 Å². The molecule has 3 aliphatic rings. The van der Waals surface area contributed by atoms with Crippen LogP contribution in [0.2, 0.25) is 0 Å². The van der Waals surface area contributed by atoms with Gasteiger partial charge in [0.2, 0.25) is 11.8 Å². The number of likely N-dealkylation sites (tertiary alicyclic amines) is 1. The van der Waals surface area contributed by atoms with E-state index in [9.17, 15) is 19.5 Å². The number of amides is 3. The lowest BCUT2D eigenvalue weighted by Crippen LogP contribution is -2.60. The zero-order valence-corrected chi connectivity index (χ0v) is 27.3. The van der Waals surface area contributed by atoms with Gasteiger partial charge in [-0.15, -0.1) is 13.2 Å². The van der Waals surface area contributed by atoms with E-state index in [4.69, 9.17) is 4.74 Å². The summed E-state index contributed by atoms with van der Waals surface area (Å²) in [6, 6.07) is 6.31. The number of ether oxygens (including phenoxy) is 1. The topological polar surface area (TPSA) is 93.6 Å². The molecule has 1 N–H and O–H groups in total. The lowest BCUT2D eigenvalue weighted by atomic mass is 9.70. The summed E-state index contributed by atoms with van der Waals surface area (Å²) < 4.78 is 6.71. The number of carbonyl (C=O) groups excluding carboxylic acids is 3. The molecular formula is C35H52N4O5. The van der Waals surface area contributed by atoms with Crippen molar-refractivity contribution in [3.8, 4) is 0 Å². The van der Waals surface area contributed by atoms with Gasteiger partial charge in [0, 0.05) is 44.1 Å². The predicted molar refractivity (Wildman–Crippen MR) is 174 cm³/mol. The zero-order chi connectivity index (χ0) is 32.2. The Morgan fingerprint density at radius 2 is 1.70 bits per heavy atom. The third-order valence-corrected chi connectivity index (χ3v) is 10.1. The van der Waals surface area contributed by atoms with Gasteiger partial charge >= 0.3 is 0 Å². The molecule has 3 saturated heterocycles. The molecule has 7 atom stereocenters. The van der Waals surface area contributed by atoms with Gasteiger partial charge in [0.15, 0.2) is 0 Å². The molecule has 4 rings (SSSR count). The molecule has 3 fully saturated rings. The second-order valence-corrected chi connectivity index (χ2v) is 12.4. The van der Waals surface area contributed by atoms with E-state index in [0.29, 0.717) is 38.0 Å². The third kappa shape index (κ3) is 5.69. The summed E-state index contributed by atoms with van der Waals surface area (Å²) in [6.45, 7) is 20.6. The van der Waals surface area contributed by atoms with Gasteiger partial charge in [0.1, 0.15) is 11.6 Å². The highest BCUT2D eigenvalue weighted by Gasteiger charge is 2.75. The molecule has 242 valence electrons. The maximum Gasteiger partial charge on any atom is 0.253 e. The predicted octanol–water partition coefficient (Wildman–Crippen LogP) is 4.26. The molecule has 0 saturated carbocycles. The highest BCUT2D eigenvalue weighted by Crippen LogP contribution is 2.59. The fourth-order valence-corrected chi connectivity index (χ4v) is 7.78. The van der Waals surface area contributed by atoms with Crippen LogP contribution < -0.4 is 9.80 Å². The van der Waals surface area contributed by atoms with Crippen LogP contribution in [0.3, 0.4) is 0 Å². The van der Waals surface area contributed by atoms with Gasteiger partial charge < -0.3 is 29.4 Å². The first kappa shape index (κ1) is 33.7. The van der Waals surface area contributed by atoms with Crippen LogP contribution in [0.25, 0.3) is 0 Å². The number of aliphatic hydroxyl groups is 1. The van der Waals surface area contributed by atoms with Crippen LogP contribution in [0.1, 0.15) is 60.3 Å². The SMILES string of the molecule is C=CCN(CCC)C(=O)[C@@H]1[C@H]2C(=O)N([C@@H](CO)[C@@H](C)CC)C(C(=O)N(CC=C)c3ccc(N(CC)CC)cc3)C23CC[C@H]1O3. The molecule has 3 amide bonds. The van der Waals surface area contributed by atoms with Crippen molar-refractivity contribution < 1.29 is 24.2 Å². The van der Waals surface area contributed by atoms with Gasteiger partial charge in [-0.2, -0.15) is 0 Å². The Morgan fingerprint density at radius 1 is 1.07 bits per heavy atom. The highest BCUT2D eigenvalue weighted by atomic mass is 16.5. The second kappa shape index (κ2) is 14.3. The van der Waals surface area contributed by atoms with Crippen molar-refractivity contribution in [2.75, 3.05) is 49.1 Å². The van der Waals surface area contributed by atoms with Crippen molar-refractivity contribution in [1.29, 1.82) is 0 Å².